The van der Waals surface area contributed by atoms with E-state index in [0.29, 0.717) is 11.6 Å². The quantitative estimate of drug-likeness (QED) is 0.899. The van der Waals surface area contributed by atoms with Crippen molar-refractivity contribution >= 4 is 17.4 Å². The van der Waals surface area contributed by atoms with Crippen LogP contribution in [0.1, 0.15) is 25.0 Å². The van der Waals surface area contributed by atoms with Crippen molar-refractivity contribution in [2.24, 2.45) is 0 Å². The fourth-order valence-corrected chi connectivity index (χ4v) is 2.13. The summed E-state index contributed by atoms with van der Waals surface area (Å²) >= 11 is 6.00. The third-order valence-electron chi connectivity index (χ3n) is 2.86. The maximum atomic E-state index is 11.8. The maximum Gasteiger partial charge on any atom is 0.168 e. The molecule has 1 heterocycles. The largest absolute Gasteiger partial charge is 0.493 e. The number of halogens is 1. The van der Waals surface area contributed by atoms with E-state index in [0.717, 1.165) is 23.3 Å². The zero-order valence-electron chi connectivity index (χ0n) is 9.92. The van der Waals surface area contributed by atoms with Crippen LogP contribution in [0.3, 0.4) is 0 Å². The molecule has 1 aliphatic heterocycles. The Hall–Kier alpha value is -1.06. The van der Waals surface area contributed by atoms with Gasteiger partial charge in [0, 0.05) is 23.4 Å². The van der Waals surface area contributed by atoms with E-state index in [-0.39, 0.29) is 12.2 Å². The highest BCUT2D eigenvalue weighted by molar-refractivity contribution is 6.30. The Morgan fingerprint density at radius 3 is 2.88 bits per heavy atom. The van der Waals surface area contributed by atoms with Gasteiger partial charge < -0.3 is 9.84 Å². The van der Waals surface area contributed by atoms with Gasteiger partial charge in [0.25, 0.3) is 0 Å². The molecule has 1 aromatic rings. The molecule has 1 N–H and O–H groups in total. The van der Waals surface area contributed by atoms with Crippen molar-refractivity contribution in [3.05, 3.63) is 28.3 Å². The summed E-state index contributed by atoms with van der Waals surface area (Å²) < 4.78 is 5.51. The minimum absolute atomic E-state index is 0.145. The minimum Gasteiger partial charge on any atom is -0.493 e. The molecule has 0 aliphatic carbocycles. The molecule has 17 heavy (non-hydrogen) atoms. The summed E-state index contributed by atoms with van der Waals surface area (Å²) in [6.07, 6.45) is 0.964. The van der Waals surface area contributed by atoms with Crippen LogP contribution in [0.4, 0.5) is 0 Å². The number of benzene rings is 1. The highest BCUT2D eigenvalue weighted by Gasteiger charge is 2.26. The predicted octanol–water partition coefficient (Wildman–Crippen LogP) is 2.16. The lowest BCUT2D eigenvalue weighted by atomic mass is 9.95. The molecule has 2 rings (SSSR count). The monoisotopic (exact) mass is 254 g/mol. The molecule has 0 aromatic heterocycles. The third-order valence-corrected chi connectivity index (χ3v) is 3.08. The van der Waals surface area contributed by atoms with Crippen LogP contribution >= 0.6 is 11.6 Å². The number of carbonyl (C=O) groups is 1. The lowest BCUT2D eigenvalue weighted by molar-refractivity contribution is -0.133. The number of hydrogen-bond donors (Lipinski definition) is 1. The summed E-state index contributed by atoms with van der Waals surface area (Å²) in [6, 6.07) is 3.59. The van der Waals surface area contributed by atoms with Crippen LogP contribution in [0, 0.1) is 0 Å². The van der Waals surface area contributed by atoms with Crippen LogP contribution < -0.4 is 4.74 Å². The lowest BCUT2D eigenvalue weighted by Crippen LogP contribution is -2.32. The van der Waals surface area contributed by atoms with Gasteiger partial charge in [-0.3, -0.25) is 4.79 Å². The Labute approximate surface area is 105 Å². The van der Waals surface area contributed by atoms with Gasteiger partial charge in [0.1, 0.15) is 11.4 Å². The van der Waals surface area contributed by atoms with Gasteiger partial charge >= 0.3 is 0 Å². The van der Waals surface area contributed by atoms with E-state index in [4.69, 9.17) is 16.3 Å². The zero-order chi connectivity index (χ0) is 12.6. The number of hydrogen-bond acceptors (Lipinski definition) is 3. The zero-order valence-corrected chi connectivity index (χ0v) is 10.7. The summed E-state index contributed by atoms with van der Waals surface area (Å²) in [5.74, 6) is 0.518. The van der Waals surface area contributed by atoms with E-state index in [1.807, 2.05) is 6.07 Å². The van der Waals surface area contributed by atoms with Crippen molar-refractivity contribution in [2.45, 2.75) is 32.3 Å². The molecule has 0 saturated carbocycles. The Morgan fingerprint density at radius 2 is 2.24 bits per heavy atom. The molecular weight excluding hydrogens is 240 g/mol. The van der Waals surface area contributed by atoms with Gasteiger partial charge in [0.2, 0.25) is 0 Å². The summed E-state index contributed by atoms with van der Waals surface area (Å²) in [7, 11) is 0. The molecule has 0 saturated heterocycles. The lowest BCUT2D eigenvalue weighted by Gasteiger charge is -2.16. The second kappa shape index (κ2) is 4.31. The van der Waals surface area contributed by atoms with Crippen LogP contribution in [0.2, 0.25) is 5.02 Å². The number of Topliss-reactive ketones (excluding diaryl/α,β-unsaturated/α-hetero) is 1. The smallest absolute Gasteiger partial charge is 0.168 e. The average Bonchev–Trinajstić information content (AvgIpc) is 2.63. The average molecular weight is 255 g/mol. The first-order valence-electron chi connectivity index (χ1n) is 5.57. The minimum atomic E-state index is -1.33. The van der Waals surface area contributed by atoms with Crippen LogP contribution in [-0.4, -0.2) is 23.1 Å². The van der Waals surface area contributed by atoms with Gasteiger partial charge in [-0.15, -0.1) is 0 Å². The molecule has 92 valence electrons. The first-order valence-corrected chi connectivity index (χ1v) is 5.95. The van der Waals surface area contributed by atoms with Crippen molar-refractivity contribution in [1.82, 2.24) is 0 Å². The molecule has 0 unspecified atom stereocenters. The molecule has 0 radical (unpaired) electrons. The molecule has 0 fully saturated rings. The molecule has 1 aromatic carbocycles. The van der Waals surface area contributed by atoms with Gasteiger partial charge in [-0.25, -0.2) is 0 Å². The number of aliphatic hydroxyl groups is 1. The fraction of sp³-hybridized carbons (Fsp3) is 0.462. The van der Waals surface area contributed by atoms with Crippen molar-refractivity contribution < 1.29 is 14.6 Å². The summed E-state index contributed by atoms with van der Waals surface area (Å²) in [6.45, 7) is 3.60. The second-order valence-electron chi connectivity index (χ2n) is 4.81. The molecule has 3 nitrogen and oxygen atoms in total. The van der Waals surface area contributed by atoms with E-state index in [2.05, 4.69) is 0 Å². The fourth-order valence-electron chi connectivity index (χ4n) is 1.87. The van der Waals surface area contributed by atoms with Gasteiger partial charge in [0.15, 0.2) is 5.78 Å². The van der Waals surface area contributed by atoms with E-state index < -0.39 is 5.60 Å². The van der Waals surface area contributed by atoms with Crippen molar-refractivity contribution in [3.8, 4) is 5.75 Å². The molecule has 0 atom stereocenters. The Morgan fingerprint density at radius 1 is 1.53 bits per heavy atom. The molecular formula is C13H15ClO3. The van der Waals surface area contributed by atoms with Gasteiger partial charge in [0.05, 0.1) is 6.61 Å². The topological polar surface area (TPSA) is 46.5 Å². The Bertz CT molecular complexity index is 460. The number of rotatable bonds is 3. The predicted molar refractivity (Wildman–Crippen MR) is 65.7 cm³/mol. The number of ketones is 1. The normalized spacial score (nSPS) is 14.4. The van der Waals surface area contributed by atoms with Gasteiger partial charge in [-0.1, -0.05) is 11.6 Å². The third kappa shape index (κ3) is 2.61. The highest BCUT2D eigenvalue weighted by Crippen LogP contribution is 2.33. The van der Waals surface area contributed by atoms with Crippen molar-refractivity contribution in [2.75, 3.05) is 6.61 Å². The number of carbonyl (C=O) groups excluding carboxylic acids is 1. The Balaban J connectivity index is 2.31. The number of fused-ring (bicyclic) bond motifs is 1. The molecule has 0 bridgehead atoms. The van der Waals surface area contributed by atoms with E-state index >= 15 is 0 Å². The van der Waals surface area contributed by atoms with E-state index in [1.54, 1.807) is 6.07 Å². The maximum absolute atomic E-state index is 11.8. The van der Waals surface area contributed by atoms with Crippen molar-refractivity contribution in [1.29, 1.82) is 0 Å². The first-order chi connectivity index (χ1) is 7.88. The standard InChI is InChI=1S/C13H15ClO3/c1-13(2,16)11(15)7-9-6-10(14)5-8-3-4-17-12(8)9/h5-6,16H,3-4,7H2,1-2H3. The first kappa shape index (κ1) is 12.4. The van der Waals surface area contributed by atoms with Gasteiger partial charge in [-0.05, 0) is 31.5 Å². The second-order valence-corrected chi connectivity index (χ2v) is 5.25. The Kier molecular flexibility index (Phi) is 3.15. The molecule has 1 aliphatic rings. The van der Waals surface area contributed by atoms with Crippen LogP contribution in [0.5, 0.6) is 5.75 Å². The SMILES string of the molecule is CC(C)(O)C(=O)Cc1cc(Cl)cc2c1OCC2. The summed E-state index contributed by atoms with van der Waals surface area (Å²) in [5.41, 5.74) is 0.474. The van der Waals surface area contributed by atoms with Crippen molar-refractivity contribution in [3.63, 3.8) is 0 Å². The highest BCUT2D eigenvalue weighted by atomic mass is 35.5. The van der Waals surface area contributed by atoms with Crippen LogP contribution in [0.15, 0.2) is 12.1 Å². The molecule has 0 amide bonds. The molecule has 0 spiro atoms. The summed E-state index contributed by atoms with van der Waals surface area (Å²) in [4.78, 5) is 11.8. The van der Waals surface area contributed by atoms with Crippen LogP contribution in [0.25, 0.3) is 0 Å². The van der Waals surface area contributed by atoms with Gasteiger partial charge in [-0.2, -0.15) is 0 Å². The van der Waals surface area contributed by atoms with Crippen LogP contribution in [-0.2, 0) is 17.6 Å². The van der Waals surface area contributed by atoms with E-state index in [9.17, 15) is 9.90 Å². The molecule has 4 heteroatoms. The number of ether oxygens (including phenoxy) is 1. The van der Waals surface area contributed by atoms with E-state index in [1.165, 1.54) is 13.8 Å². The summed E-state index contributed by atoms with van der Waals surface area (Å²) in [5, 5.41) is 10.2.